The number of benzene rings is 1. The van der Waals surface area contributed by atoms with Gasteiger partial charge in [0, 0.05) is 11.9 Å². The lowest BCUT2D eigenvalue weighted by Gasteiger charge is -2.29. The fraction of sp³-hybridized carbons (Fsp3) is 0.533. The van der Waals surface area contributed by atoms with Crippen molar-refractivity contribution in [2.24, 2.45) is 5.41 Å². The Labute approximate surface area is 123 Å². The normalized spacial score (nSPS) is 11.4. The minimum absolute atomic E-state index is 0.0671. The first kappa shape index (κ1) is 16.0. The summed E-state index contributed by atoms with van der Waals surface area (Å²) in [4.78, 5) is 12.1. The summed E-state index contributed by atoms with van der Waals surface area (Å²) in [5, 5.41) is 13.7. The van der Waals surface area contributed by atoms with E-state index in [0.29, 0.717) is 17.7 Å². The Balaban J connectivity index is 2.78. The average Bonchev–Trinajstić information content (AvgIpc) is 2.44. The van der Waals surface area contributed by atoms with E-state index < -0.39 is 0 Å². The standard InChI is InChI=1S/C15H22BrNO2/c1-4-15(5-2,9-16)10-17-14(19)12-8-6-7-11(3)13(12)18/h6-8,18H,4-5,9-10H2,1-3H3,(H,17,19). The molecule has 0 spiro atoms. The molecule has 0 saturated heterocycles. The molecular weight excluding hydrogens is 306 g/mol. The SMILES string of the molecule is CCC(CC)(CBr)CNC(=O)c1cccc(C)c1O. The van der Waals surface area contributed by atoms with Crippen molar-refractivity contribution in [3.8, 4) is 5.75 Å². The molecule has 0 heterocycles. The lowest BCUT2D eigenvalue weighted by molar-refractivity contribution is 0.0929. The molecule has 0 aliphatic carbocycles. The Morgan fingerprint density at radius 1 is 1.37 bits per heavy atom. The molecule has 1 amide bonds. The highest BCUT2D eigenvalue weighted by Gasteiger charge is 2.26. The molecule has 0 fully saturated rings. The first-order chi connectivity index (χ1) is 8.99. The van der Waals surface area contributed by atoms with Crippen LogP contribution in [0.5, 0.6) is 5.75 Å². The van der Waals surface area contributed by atoms with Crippen LogP contribution < -0.4 is 5.32 Å². The molecule has 0 radical (unpaired) electrons. The molecule has 1 aromatic rings. The highest BCUT2D eigenvalue weighted by molar-refractivity contribution is 9.09. The number of carbonyl (C=O) groups excluding carboxylic acids is 1. The highest BCUT2D eigenvalue weighted by Crippen LogP contribution is 2.28. The van der Waals surface area contributed by atoms with E-state index in [1.807, 2.05) is 0 Å². The lowest BCUT2D eigenvalue weighted by Crippen LogP contribution is -2.38. The van der Waals surface area contributed by atoms with E-state index in [1.54, 1.807) is 25.1 Å². The molecule has 4 heteroatoms. The third-order valence-corrected chi connectivity index (χ3v) is 5.08. The Morgan fingerprint density at radius 3 is 2.53 bits per heavy atom. The maximum absolute atomic E-state index is 12.1. The van der Waals surface area contributed by atoms with E-state index in [9.17, 15) is 9.90 Å². The first-order valence-corrected chi connectivity index (χ1v) is 7.74. The molecule has 1 rings (SSSR count). The summed E-state index contributed by atoms with van der Waals surface area (Å²) in [6.45, 7) is 6.65. The van der Waals surface area contributed by atoms with E-state index in [-0.39, 0.29) is 17.1 Å². The number of rotatable bonds is 6. The molecule has 1 aromatic carbocycles. The van der Waals surface area contributed by atoms with Gasteiger partial charge in [-0.05, 0) is 36.8 Å². The minimum Gasteiger partial charge on any atom is -0.507 e. The van der Waals surface area contributed by atoms with Gasteiger partial charge in [0.05, 0.1) is 5.56 Å². The fourth-order valence-corrected chi connectivity index (χ4v) is 2.93. The average molecular weight is 328 g/mol. The van der Waals surface area contributed by atoms with Gasteiger partial charge in [0.25, 0.3) is 5.91 Å². The fourth-order valence-electron chi connectivity index (χ4n) is 1.94. The van der Waals surface area contributed by atoms with Gasteiger partial charge < -0.3 is 10.4 Å². The number of alkyl halides is 1. The summed E-state index contributed by atoms with van der Waals surface area (Å²) in [5.74, 6) is -0.147. The van der Waals surface area contributed by atoms with E-state index >= 15 is 0 Å². The predicted molar refractivity (Wildman–Crippen MR) is 82.0 cm³/mol. The van der Waals surface area contributed by atoms with Crippen LogP contribution in [0.3, 0.4) is 0 Å². The van der Waals surface area contributed by atoms with Gasteiger partial charge in [0.15, 0.2) is 0 Å². The molecule has 0 atom stereocenters. The number of hydrogen-bond acceptors (Lipinski definition) is 2. The molecule has 19 heavy (non-hydrogen) atoms. The smallest absolute Gasteiger partial charge is 0.255 e. The van der Waals surface area contributed by atoms with Crippen LogP contribution in [0.25, 0.3) is 0 Å². The van der Waals surface area contributed by atoms with E-state index in [1.165, 1.54) is 0 Å². The van der Waals surface area contributed by atoms with Gasteiger partial charge in [-0.3, -0.25) is 4.79 Å². The number of halogens is 1. The number of carbonyl (C=O) groups is 1. The van der Waals surface area contributed by atoms with Crippen LogP contribution in [-0.4, -0.2) is 22.9 Å². The van der Waals surface area contributed by atoms with Crippen LogP contribution >= 0.6 is 15.9 Å². The van der Waals surface area contributed by atoms with Crippen molar-refractivity contribution in [3.05, 3.63) is 29.3 Å². The molecule has 0 bridgehead atoms. The number of aromatic hydroxyl groups is 1. The number of amides is 1. The molecule has 0 aliphatic heterocycles. The lowest BCUT2D eigenvalue weighted by atomic mass is 9.84. The third kappa shape index (κ3) is 3.72. The first-order valence-electron chi connectivity index (χ1n) is 6.62. The van der Waals surface area contributed by atoms with Crippen LogP contribution in [0, 0.1) is 12.3 Å². The Kier molecular flexibility index (Phi) is 5.85. The van der Waals surface area contributed by atoms with Crippen molar-refractivity contribution in [1.29, 1.82) is 0 Å². The van der Waals surface area contributed by atoms with Crippen LogP contribution in [0.2, 0.25) is 0 Å². The van der Waals surface area contributed by atoms with Crippen molar-refractivity contribution in [1.82, 2.24) is 5.32 Å². The highest BCUT2D eigenvalue weighted by atomic mass is 79.9. The molecular formula is C15H22BrNO2. The number of aryl methyl sites for hydroxylation is 1. The Hall–Kier alpha value is -1.03. The molecule has 0 aromatic heterocycles. The summed E-state index contributed by atoms with van der Waals surface area (Å²) >= 11 is 3.53. The summed E-state index contributed by atoms with van der Waals surface area (Å²) < 4.78 is 0. The zero-order valence-electron chi connectivity index (χ0n) is 11.8. The third-order valence-electron chi connectivity index (χ3n) is 3.89. The van der Waals surface area contributed by atoms with Crippen LogP contribution in [0.1, 0.15) is 42.6 Å². The Bertz CT molecular complexity index is 434. The molecule has 0 saturated carbocycles. The van der Waals surface area contributed by atoms with Gasteiger partial charge in [-0.25, -0.2) is 0 Å². The molecule has 3 nitrogen and oxygen atoms in total. The van der Waals surface area contributed by atoms with Gasteiger partial charge >= 0.3 is 0 Å². The molecule has 0 unspecified atom stereocenters. The van der Waals surface area contributed by atoms with Crippen molar-refractivity contribution in [2.45, 2.75) is 33.6 Å². The second-order valence-electron chi connectivity index (χ2n) is 4.99. The molecule has 2 N–H and O–H groups in total. The molecule has 106 valence electrons. The number of nitrogens with one attached hydrogen (secondary N) is 1. The van der Waals surface area contributed by atoms with E-state index in [4.69, 9.17) is 0 Å². The van der Waals surface area contributed by atoms with Crippen molar-refractivity contribution < 1.29 is 9.90 Å². The second-order valence-corrected chi connectivity index (χ2v) is 5.56. The number of hydrogen-bond donors (Lipinski definition) is 2. The van der Waals surface area contributed by atoms with Gasteiger partial charge in [0.1, 0.15) is 5.75 Å². The zero-order chi connectivity index (χ0) is 14.5. The summed E-state index contributed by atoms with van der Waals surface area (Å²) in [6, 6.07) is 5.21. The van der Waals surface area contributed by atoms with Crippen molar-refractivity contribution in [2.75, 3.05) is 11.9 Å². The molecule has 0 aliphatic rings. The monoisotopic (exact) mass is 327 g/mol. The summed E-state index contributed by atoms with van der Waals surface area (Å²) in [5.41, 5.74) is 1.14. The van der Waals surface area contributed by atoms with Crippen molar-refractivity contribution >= 4 is 21.8 Å². The number of para-hydroxylation sites is 1. The van der Waals surface area contributed by atoms with Gasteiger partial charge in [-0.15, -0.1) is 0 Å². The largest absolute Gasteiger partial charge is 0.507 e. The van der Waals surface area contributed by atoms with E-state index in [0.717, 1.165) is 18.2 Å². The van der Waals surface area contributed by atoms with E-state index in [2.05, 4.69) is 35.1 Å². The predicted octanol–water partition coefficient (Wildman–Crippen LogP) is 3.63. The number of phenols is 1. The minimum atomic E-state index is -0.214. The maximum atomic E-state index is 12.1. The Morgan fingerprint density at radius 2 is 2.00 bits per heavy atom. The van der Waals surface area contributed by atoms with Crippen molar-refractivity contribution in [3.63, 3.8) is 0 Å². The van der Waals surface area contributed by atoms with Crippen LogP contribution in [0.15, 0.2) is 18.2 Å². The number of phenolic OH excluding ortho intramolecular Hbond substituents is 1. The topological polar surface area (TPSA) is 49.3 Å². The summed E-state index contributed by atoms with van der Waals surface area (Å²) in [7, 11) is 0. The maximum Gasteiger partial charge on any atom is 0.255 e. The van der Waals surface area contributed by atoms with Gasteiger partial charge in [0.2, 0.25) is 0 Å². The summed E-state index contributed by atoms with van der Waals surface area (Å²) in [6.07, 6.45) is 1.99. The van der Waals surface area contributed by atoms with Crippen LogP contribution in [0.4, 0.5) is 0 Å². The second kappa shape index (κ2) is 6.94. The zero-order valence-corrected chi connectivity index (χ0v) is 13.4. The van der Waals surface area contributed by atoms with Crippen LogP contribution in [-0.2, 0) is 0 Å². The van der Waals surface area contributed by atoms with Gasteiger partial charge in [-0.1, -0.05) is 41.9 Å². The van der Waals surface area contributed by atoms with Gasteiger partial charge in [-0.2, -0.15) is 0 Å². The quantitative estimate of drug-likeness (QED) is 0.784.